The predicted molar refractivity (Wildman–Crippen MR) is 97.5 cm³/mol. The number of carbonyl (C=O) groups is 3. The van der Waals surface area contributed by atoms with Crippen LogP contribution in [0, 0.1) is 17.8 Å². The van der Waals surface area contributed by atoms with Gasteiger partial charge >= 0.3 is 11.9 Å². The largest absolute Gasteiger partial charge is 0.463 e. The molecule has 1 rings (SSSR count). The van der Waals surface area contributed by atoms with Crippen molar-refractivity contribution in [1.29, 1.82) is 0 Å². The third-order valence-corrected chi connectivity index (χ3v) is 4.66. The maximum absolute atomic E-state index is 11.9. The molecule has 0 radical (unpaired) electrons. The Morgan fingerprint density at radius 1 is 1.19 bits per heavy atom. The molecule has 1 saturated heterocycles. The Kier molecular flexibility index (Phi) is 9.45. The van der Waals surface area contributed by atoms with Crippen LogP contribution in [-0.2, 0) is 33.3 Å². The molecule has 1 N–H and O–H groups in total. The van der Waals surface area contributed by atoms with Crippen molar-refractivity contribution in [3.05, 3.63) is 12.7 Å². The summed E-state index contributed by atoms with van der Waals surface area (Å²) >= 11 is 0. The molecular formula is C19H31NO7. The zero-order chi connectivity index (χ0) is 20.6. The molecule has 1 fully saturated rings. The zero-order valence-electron chi connectivity index (χ0n) is 16.7. The van der Waals surface area contributed by atoms with E-state index in [0.717, 1.165) is 0 Å². The predicted octanol–water partition coefficient (Wildman–Crippen LogP) is 1.43. The zero-order valence-corrected chi connectivity index (χ0v) is 16.7. The van der Waals surface area contributed by atoms with Crippen molar-refractivity contribution in [3.8, 4) is 0 Å². The maximum atomic E-state index is 11.9. The molecule has 1 heterocycles. The molecule has 1 amide bonds. The molecule has 2 unspecified atom stereocenters. The van der Waals surface area contributed by atoms with E-state index in [2.05, 4.69) is 11.9 Å². The third kappa shape index (κ3) is 7.30. The molecule has 0 saturated carbocycles. The monoisotopic (exact) mass is 385 g/mol. The summed E-state index contributed by atoms with van der Waals surface area (Å²) in [7, 11) is 0. The molecule has 0 spiro atoms. The molecule has 27 heavy (non-hydrogen) atoms. The van der Waals surface area contributed by atoms with Gasteiger partial charge in [-0.25, -0.2) is 0 Å². The number of esters is 2. The number of rotatable bonds is 9. The van der Waals surface area contributed by atoms with Crippen LogP contribution in [0.5, 0.6) is 0 Å². The minimum Gasteiger partial charge on any atom is -0.463 e. The molecule has 1 aliphatic rings. The minimum absolute atomic E-state index is 0.0104. The van der Waals surface area contributed by atoms with Crippen molar-refractivity contribution in [1.82, 2.24) is 5.32 Å². The highest BCUT2D eigenvalue weighted by atomic mass is 16.7. The second kappa shape index (κ2) is 11.0. The number of amides is 1. The Balaban J connectivity index is 2.78. The SMILES string of the molecule is C=CCOC(=O)[C@@H](C)CO[C@@H]1OC(COC(C)=O)[C@@H](C)[C@H](C)C1NC(C)=O. The second-order valence-electron chi connectivity index (χ2n) is 6.94. The fraction of sp³-hybridized carbons (Fsp3) is 0.737. The van der Waals surface area contributed by atoms with E-state index in [1.54, 1.807) is 6.92 Å². The molecule has 0 aromatic rings. The Morgan fingerprint density at radius 2 is 1.85 bits per heavy atom. The summed E-state index contributed by atoms with van der Waals surface area (Å²) in [5, 5.41) is 2.86. The van der Waals surface area contributed by atoms with Crippen LogP contribution < -0.4 is 5.32 Å². The highest BCUT2D eigenvalue weighted by molar-refractivity contribution is 5.73. The number of carbonyl (C=O) groups excluding carboxylic acids is 3. The van der Waals surface area contributed by atoms with E-state index >= 15 is 0 Å². The molecule has 0 aromatic carbocycles. The Hall–Kier alpha value is -1.93. The average Bonchev–Trinajstić information content (AvgIpc) is 2.61. The summed E-state index contributed by atoms with van der Waals surface area (Å²) in [6.45, 7) is 12.2. The number of hydrogen-bond donors (Lipinski definition) is 1. The standard InChI is InChI=1S/C19H31NO7/c1-7-8-24-18(23)11(2)9-26-19-17(20-14(5)21)13(4)12(3)16(27-19)10-25-15(6)22/h7,11-13,16-17,19H,1,8-10H2,2-6H3,(H,20,21)/t11-,12-,13-,16?,17?,19+/m0/s1. The molecule has 0 aromatic heterocycles. The van der Waals surface area contributed by atoms with E-state index in [0.29, 0.717) is 0 Å². The number of nitrogens with one attached hydrogen (secondary N) is 1. The van der Waals surface area contributed by atoms with E-state index in [1.165, 1.54) is 19.9 Å². The van der Waals surface area contributed by atoms with Crippen LogP contribution in [-0.4, -0.2) is 56.1 Å². The van der Waals surface area contributed by atoms with Gasteiger partial charge in [0, 0.05) is 13.8 Å². The van der Waals surface area contributed by atoms with Gasteiger partial charge < -0.3 is 24.3 Å². The highest BCUT2D eigenvalue weighted by Crippen LogP contribution is 2.32. The highest BCUT2D eigenvalue weighted by Gasteiger charge is 2.43. The summed E-state index contributed by atoms with van der Waals surface area (Å²) in [6, 6.07) is -0.387. The maximum Gasteiger partial charge on any atom is 0.311 e. The lowest BCUT2D eigenvalue weighted by molar-refractivity contribution is -0.247. The minimum atomic E-state index is -0.768. The fourth-order valence-electron chi connectivity index (χ4n) is 2.85. The van der Waals surface area contributed by atoms with Crippen LogP contribution in [0.15, 0.2) is 12.7 Å². The van der Waals surface area contributed by atoms with E-state index in [4.69, 9.17) is 18.9 Å². The molecule has 8 nitrogen and oxygen atoms in total. The molecule has 8 heteroatoms. The molecule has 1 aliphatic heterocycles. The van der Waals surface area contributed by atoms with E-state index in [9.17, 15) is 14.4 Å². The van der Waals surface area contributed by atoms with Gasteiger partial charge in [0.1, 0.15) is 13.2 Å². The normalized spacial score (nSPS) is 28.7. The van der Waals surface area contributed by atoms with Crippen molar-refractivity contribution in [3.63, 3.8) is 0 Å². The molecular weight excluding hydrogens is 354 g/mol. The number of ether oxygens (including phenoxy) is 4. The van der Waals surface area contributed by atoms with Gasteiger partial charge in [-0.2, -0.15) is 0 Å². The first-order valence-electron chi connectivity index (χ1n) is 9.12. The van der Waals surface area contributed by atoms with Crippen molar-refractivity contribution >= 4 is 17.8 Å². The molecule has 0 aliphatic carbocycles. The molecule has 6 atom stereocenters. The lowest BCUT2D eigenvalue weighted by Crippen LogP contribution is -2.58. The topological polar surface area (TPSA) is 100 Å². The summed E-state index contributed by atoms with van der Waals surface area (Å²) in [6.07, 6.45) is 0.350. The van der Waals surface area contributed by atoms with Gasteiger partial charge in [0.25, 0.3) is 0 Å². The van der Waals surface area contributed by atoms with Gasteiger partial charge in [-0.15, -0.1) is 0 Å². The van der Waals surface area contributed by atoms with Crippen LogP contribution in [0.1, 0.15) is 34.6 Å². The molecule has 0 bridgehead atoms. The lowest BCUT2D eigenvalue weighted by atomic mass is 9.82. The van der Waals surface area contributed by atoms with Crippen LogP contribution in [0.3, 0.4) is 0 Å². The fourth-order valence-corrected chi connectivity index (χ4v) is 2.85. The first-order chi connectivity index (χ1) is 12.7. The second-order valence-corrected chi connectivity index (χ2v) is 6.94. The van der Waals surface area contributed by atoms with Gasteiger partial charge in [0.2, 0.25) is 5.91 Å². The first-order valence-corrected chi connectivity index (χ1v) is 9.12. The van der Waals surface area contributed by atoms with E-state index in [1.807, 2.05) is 13.8 Å². The summed E-state index contributed by atoms with van der Waals surface area (Å²) in [5.74, 6) is -1.47. The van der Waals surface area contributed by atoms with Crippen molar-refractivity contribution in [2.24, 2.45) is 17.8 Å². The third-order valence-electron chi connectivity index (χ3n) is 4.66. The lowest BCUT2D eigenvalue weighted by Gasteiger charge is -2.44. The van der Waals surface area contributed by atoms with Gasteiger partial charge in [0.05, 0.1) is 24.7 Å². The van der Waals surface area contributed by atoms with Crippen LogP contribution in [0.25, 0.3) is 0 Å². The van der Waals surface area contributed by atoms with Crippen molar-refractivity contribution in [2.45, 2.75) is 53.1 Å². The molecule has 154 valence electrons. The average molecular weight is 385 g/mol. The van der Waals surface area contributed by atoms with Gasteiger partial charge in [0.15, 0.2) is 6.29 Å². The Bertz CT molecular complexity index is 534. The summed E-state index contributed by atoms with van der Waals surface area (Å²) in [5.41, 5.74) is 0. The number of hydrogen-bond acceptors (Lipinski definition) is 7. The smallest absolute Gasteiger partial charge is 0.311 e. The summed E-state index contributed by atoms with van der Waals surface area (Å²) in [4.78, 5) is 34.6. The van der Waals surface area contributed by atoms with Gasteiger partial charge in [-0.3, -0.25) is 14.4 Å². The van der Waals surface area contributed by atoms with Crippen LogP contribution >= 0.6 is 0 Å². The van der Waals surface area contributed by atoms with Crippen molar-refractivity contribution in [2.75, 3.05) is 19.8 Å². The van der Waals surface area contributed by atoms with Gasteiger partial charge in [-0.05, 0) is 18.8 Å². The Labute approximate surface area is 160 Å². The quantitative estimate of drug-likeness (QED) is 0.473. The summed E-state index contributed by atoms with van der Waals surface area (Å²) < 4.78 is 21.9. The van der Waals surface area contributed by atoms with Crippen molar-refractivity contribution < 1.29 is 33.3 Å². The van der Waals surface area contributed by atoms with Crippen LogP contribution in [0.2, 0.25) is 0 Å². The van der Waals surface area contributed by atoms with Crippen LogP contribution in [0.4, 0.5) is 0 Å². The Morgan fingerprint density at radius 3 is 2.41 bits per heavy atom. The van der Waals surface area contributed by atoms with Gasteiger partial charge in [-0.1, -0.05) is 26.5 Å². The van der Waals surface area contributed by atoms with E-state index < -0.39 is 24.1 Å². The van der Waals surface area contributed by atoms with E-state index in [-0.39, 0.29) is 49.7 Å². The first kappa shape index (κ1) is 23.1.